The fourth-order valence-electron chi connectivity index (χ4n) is 1.19. The summed E-state index contributed by atoms with van der Waals surface area (Å²) in [6, 6.07) is 3.28. The highest BCUT2D eigenvalue weighted by molar-refractivity contribution is 5.99. The van der Waals surface area contributed by atoms with E-state index in [0.717, 1.165) is 0 Å². The van der Waals surface area contributed by atoms with Crippen LogP contribution < -0.4 is 10.6 Å². The van der Waals surface area contributed by atoms with E-state index in [4.69, 9.17) is 16.2 Å². The minimum Gasteiger partial charge on any atom is -0.480 e. The van der Waals surface area contributed by atoms with Crippen LogP contribution in [0.5, 0.6) is 0 Å². The summed E-state index contributed by atoms with van der Waals surface area (Å²) < 4.78 is 0. The highest BCUT2D eigenvalue weighted by Gasteiger charge is 2.12. The van der Waals surface area contributed by atoms with Crippen LogP contribution in [-0.2, 0) is 4.79 Å². The van der Waals surface area contributed by atoms with Crippen LogP contribution in [0.2, 0.25) is 0 Å². The van der Waals surface area contributed by atoms with Gasteiger partial charge in [0.25, 0.3) is 0 Å². The van der Waals surface area contributed by atoms with Crippen molar-refractivity contribution in [2.24, 2.45) is 5.73 Å². The predicted octanol–water partition coefficient (Wildman–Crippen LogP) is 0.308. The summed E-state index contributed by atoms with van der Waals surface area (Å²) in [6.07, 6.45) is 1.53. The summed E-state index contributed by atoms with van der Waals surface area (Å²) in [7, 11) is 1.59. The van der Waals surface area contributed by atoms with E-state index in [1.807, 2.05) is 0 Å². The summed E-state index contributed by atoms with van der Waals surface area (Å²) in [5.41, 5.74) is 5.78. The van der Waals surface area contributed by atoms with Gasteiger partial charge in [0.1, 0.15) is 18.2 Å². The Morgan fingerprint density at radius 2 is 2.31 bits per heavy atom. The van der Waals surface area contributed by atoms with Gasteiger partial charge in [-0.25, -0.2) is 4.98 Å². The number of nitrogens with two attached hydrogens (primary N) is 1. The zero-order valence-corrected chi connectivity index (χ0v) is 9.49. The molecule has 6 nitrogen and oxygen atoms in total. The molecule has 0 aliphatic heterocycles. The lowest BCUT2D eigenvalue weighted by atomic mass is 10.2. The molecule has 4 N–H and O–H groups in total. The van der Waals surface area contributed by atoms with Gasteiger partial charge in [0.05, 0.1) is 5.56 Å². The van der Waals surface area contributed by atoms with Crippen molar-refractivity contribution in [2.45, 2.75) is 0 Å². The number of anilines is 1. The zero-order valence-electron chi connectivity index (χ0n) is 8.67. The van der Waals surface area contributed by atoms with E-state index in [1.165, 1.54) is 11.1 Å². The Morgan fingerprint density at radius 1 is 1.69 bits per heavy atom. The first-order valence-electron chi connectivity index (χ1n) is 4.24. The Labute approximate surface area is 99.0 Å². The lowest BCUT2D eigenvalue weighted by Crippen LogP contribution is -2.28. The van der Waals surface area contributed by atoms with E-state index in [1.54, 1.807) is 19.2 Å². The third kappa shape index (κ3) is 3.39. The average molecular weight is 245 g/mol. The number of halogens is 1. The molecule has 0 saturated carbocycles. The Bertz CT molecular complexity index is 397. The molecule has 16 heavy (non-hydrogen) atoms. The van der Waals surface area contributed by atoms with Crippen molar-refractivity contribution in [1.82, 2.24) is 4.98 Å². The maximum atomic E-state index is 10.5. The standard InChI is InChI=1S/C9H12N4O2.ClH/c1-13(5-7(14)15)9-6(8(10)11)3-2-4-12-9;/h2-4H,5H2,1H3,(H3,10,11)(H,14,15);1H. The molecule has 0 atom stereocenters. The summed E-state index contributed by atoms with van der Waals surface area (Å²) in [5, 5.41) is 15.9. The van der Waals surface area contributed by atoms with Gasteiger partial charge >= 0.3 is 5.97 Å². The average Bonchev–Trinajstić information content (AvgIpc) is 2.16. The fourth-order valence-corrected chi connectivity index (χ4v) is 1.19. The van der Waals surface area contributed by atoms with Crippen molar-refractivity contribution < 1.29 is 9.90 Å². The molecule has 0 aromatic carbocycles. The van der Waals surface area contributed by atoms with E-state index in [2.05, 4.69) is 4.98 Å². The van der Waals surface area contributed by atoms with Crippen molar-refractivity contribution in [2.75, 3.05) is 18.5 Å². The van der Waals surface area contributed by atoms with Crippen LogP contribution in [-0.4, -0.2) is 35.5 Å². The Kier molecular flexibility index (Phi) is 5.24. The van der Waals surface area contributed by atoms with Crippen LogP contribution in [0.3, 0.4) is 0 Å². The number of nitrogens with zero attached hydrogens (tertiary/aromatic N) is 2. The SMILES string of the molecule is CN(CC(=O)O)c1ncccc1C(=N)N.Cl. The number of carboxylic acid groups (broad SMARTS) is 1. The van der Waals surface area contributed by atoms with Gasteiger partial charge in [0, 0.05) is 13.2 Å². The molecule has 0 fully saturated rings. The molecule has 1 rings (SSSR count). The second-order valence-corrected chi connectivity index (χ2v) is 3.04. The van der Waals surface area contributed by atoms with E-state index in [0.29, 0.717) is 11.4 Å². The van der Waals surface area contributed by atoms with Crippen molar-refractivity contribution in [3.05, 3.63) is 23.9 Å². The molecule has 0 aliphatic rings. The number of hydrogen-bond acceptors (Lipinski definition) is 4. The highest BCUT2D eigenvalue weighted by Crippen LogP contribution is 2.14. The lowest BCUT2D eigenvalue weighted by Gasteiger charge is -2.18. The van der Waals surface area contributed by atoms with Crippen LogP contribution in [0.15, 0.2) is 18.3 Å². The number of carbonyl (C=O) groups is 1. The number of pyridine rings is 1. The second kappa shape index (κ2) is 5.92. The zero-order chi connectivity index (χ0) is 11.4. The number of likely N-dealkylation sites (N-methyl/N-ethyl adjacent to an activating group) is 1. The maximum Gasteiger partial charge on any atom is 0.323 e. The van der Waals surface area contributed by atoms with E-state index < -0.39 is 5.97 Å². The van der Waals surface area contributed by atoms with Gasteiger partial charge in [-0.15, -0.1) is 12.4 Å². The highest BCUT2D eigenvalue weighted by atomic mass is 35.5. The summed E-state index contributed by atoms with van der Waals surface area (Å²) in [5.74, 6) is -0.694. The number of aromatic nitrogens is 1. The number of carboxylic acids is 1. The minimum atomic E-state index is -0.961. The number of hydrogen-bond donors (Lipinski definition) is 3. The molecule has 0 radical (unpaired) electrons. The van der Waals surface area contributed by atoms with Crippen LogP contribution >= 0.6 is 12.4 Å². The Hall–Kier alpha value is -1.82. The number of nitrogen functional groups attached to an aromatic ring is 1. The van der Waals surface area contributed by atoms with Gasteiger partial charge in [-0.05, 0) is 12.1 Å². The first-order valence-corrected chi connectivity index (χ1v) is 4.24. The molecule has 0 amide bonds. The van der Waals surface area contributed by atoms with Gasteiger partial charge in [0.2, 0.25) is 0 Å². The maximum absolute atomic E-state index is 10.5. The smallest absolute Gasteiger partial charge is 0.323 e. The monoisotopic (exact) mass is 244 g/mol. The molecular weight excluding hydrogens is 232 g/mol. The molecule has 88 valence electrons. The predicted molar refractivity (Wildman–Crippen MR) is 63.4 cm³/mol. The van der Waals surface area contributed by atoms with Gasteiger partial charge in [-0.1, -0.05) is 0 Å². The molecule has 0 aliphatic carbocycles. The van der Waals surface area contributed by atoms with Crippen LogP contribution in [0.4, 0.5) is 5.82 Å². The van der Waals surface area contributed by atoms with Crippen molar-refractivity contribution in [3.63, 3.8) is 0 Å². The quantitative estimate of drug-likeness (QED) is 0.522. The van der Waals surface area contributed by atoms with Crippen molar-refractivity contribution in [3.8, 4) is 0 Å². The lowest BCUT2D eigenvalue weighted by molar-refractivity contribution is -0.135. The number of amidine groups is 1. The summed E-state index contributed by atoms with van der Waals surface area (Å²) in [6.45, 7) is -0.183. The van der Waals surface area contributed by atoms with E-state index in [9.17, 15) is 4.79 Å². The third-order valence-electron chi connectivity index (χ3n) is 1.81. The largest absolute Gasteiger partial charge is 0.480 e. The summed E-state index contributed by atoms with van der Waals surface area (Å²) in [4.78, 5) is 15.9. The molecule has 1 aromatic rings. The van der Waals surface area contributed by atoms with Crippen LogP contribution in [0, 0.1) is 5.41 Å². The number of rotatable bonds is 4. The van der Waals surface area contributed by atoms with E-state index >= 15 is 0 Å². The first-order chi connectivity index (χ1) is 7.02. The van der Waals surface area contributed by atoms with Gasteiger partial charge in [-0.2, -0.15) is 0 Å². The normalized spacial score (nSPS) is 9.06. The molecule has 0 unspecified atom stereocenters. The molecule has 0 bridgehead atoms. The van der Waals surface area contributed by atoms with E-state index in [-0.39, 0.29) is 24.8 Å². The van der Waals surface area contributed by atoms with Crippen molar-refractivity contribution in [1.29, 1.82) is 5.41 Å². The van der Waals surface area contributed by atoms with Gasteiger partial charge in [0.15, 0.2) is 0 Å². The molecule has 0 saturated heterocycles. The third-order valence-corrected chi connectivity index (χ3v) is 1.81. The Balaban J connectivity index is 0.00000225. The van der Waals surface area contributed by atoms with Gasteiger partial charge < -0.3 is 15.7 Å². The van der Waals surface area contributed by atoms with Gasteiger partial charge in [-0.3, -0.25) is 10.2 Å². The molecule has 7 heteroatoms. The van der Waals surface area contributed by atoms with Crippen LogP contribution in [0.25, 0.3) is 0 Å². The van der Waals surface area contributed by atoms with Crippen LogP contribution in [0.1, 0.15) is 5.56 Å². The minimum absolute atomic E-state index is 0. The molecule has 1 aromatic heterocycles. The fraction of sp³-hybridized carbons (Fsp3) is 0.222. The summed E-state index contributed by atoms with van der Waals surface area (Å²) >= 11 is 0. The molecular formula is C9H13ClN4O2. The molecule has 0 spiro atoms. The second-order valence-electron chi connectivity index (χ2n) is 3.04. The number of aliphatic carboxylic acids is 1. The van der Waals surface area contributed by atoms with Crippen molar-refractivity contribution >= 4 is 30.0 Å². The number of nitrogens with one attached hydrogen (secondary N) is 1. The topological polar surface area (TPSA) is 103 Å². The first kappa shape index (κ1) is 14.2. The molecule has 1 heterocycles. The Morgan fingerprint density at radius 3 is 2.81 bits per heavy atom.